The lowest BCUT2D eigenvalue weighted by molar-refractivity contribution is -0.147. The summed E-state index contributed by atoms with van der Waals surface area (Å²) in [6.07, 6.45) is -0.570. The summed E-state index contributed by atoms with van der Waals surface area (Å²) >= 11 is 0. The topological polar surface area (TPSA) is 175 Å². The van der Waals surface area contributed by atoms with Crippen molar-refractivity contribution in [1.82, 2.24) is 24.9 Å². The van der Waals surface area contributed by atoms with Gasteiger partial charge in [0.25, 0.3) is 0 Å². The highest BCUT2D eigenvalue weighted by Gasteiger charge is 2.26. The van der Waals surface area contributed by atoms with Crippen molar-refractivity contribution in [3.05, 3.63) is 58.6 Å². The molecule has 0 saturated carbocycles. The summed E-state index contributed by atoms with van der Waals surface area (Å²) in [7, 11) is 1.15. The number of hydrogen-bond donors (Lipinski definition) is 2. The molecule has 0 unspecified atom stereocenters. The van der Waals surface area contributed by atoms with Crippen molar-refractivity contribution >= 4 is 29.9 Å². The number of carbonyl (C=O) groups excluding carboxylic acids is 4. The van der Waals surface area contributed by atoms with Gasteiger partial charge >= 0.3 is 23.8 Å². The number of nitrogens with zero attached hydrogens (tertiary/aromatic N) is 4. The van der Waals surface area contributed by atoms with Crippen LogP contribution >= 0.6 is 0 Å². The first-order chi connectivity index (χ1) is 17.9. The highest BCUT2D eigenvalue weighted by atomic mass is 16.6. The van der Waals surface area contributed by atoms with Gasteiger partial charge in [-0.15, -0.1) is 0 Å². The molecule has 0 aliphatic heterocycles. The zero-order valence-electron chi connectivity index (χ0n) is 21.7. The maximum atomic E-state index is 12.9. The van der Waals surface area contributed by atoms with Crippen molar-refractivity contribution < 1.29 is 33.4 Å². The second-order valence-corrected chi connectivity index (χ2v) is 8.96. The summed E-state index contributed by atoms with van der Waals surface area (Å²) in [6.45, 7) is 3.42. The van der Waals surface area contributed by atoms with Crippen molar-refractivity contribution in [3.63, 3.8) is 0 Å². The number of benzene rings is 1. The Bertz CT molecular complexity index is 1180. The number of esters is 1. The summed E-state index contributed by atoms with van der Waals surface area (Å²) in [6, 6.07) is 10.2. The van der Waals surface area contributed by atoms with Crippen LogP contribution in [-0.2, 0) is 37.0 Å². The van der Waals surface area contributed by atoms with Gasteiger partial charge in [-0.1, -0.05) is 30.3 Å². The minimum Gasteiger partial charge on any atom is -0.468 e. The number of methoxy groups -OCH3 is 1. The van der Waals surface area contributed by atoms with Crippen molar-refractivity contribution in [2.24, 2.45) is 0 Å². The summed E-state index contributed by atoms with van der Waals surface area (Å²) in [5.41, 5.74) is 6.86. The zero-order chi connectivity index (χ0) is 28.3. The summed E-state index contributed by atoms with van der Waals surface area (Å²) in [5, 5.41) is 0.826. The number of nitrogens with two attached hydrogens (primary N) is 1. The van der Waals surface area contributed by atoms with Gasteiger partial charge in [0.2, 0.25) is 5.91 Å². The number of aromatic nitrogens is 2. The molecule has 0 radical (unpaired) electrons. The normalized spacial score (nSPS) is 10.7. The van der Waals surface area contributed by atoms with Crippen LogP contribution in [0.5, 0.6) is 0 Å². The lowest BCUT2D eigenvalue weighted by Crippen LogP contribution is -2.52. The maximum Gasteiger partial charge on any atom is 0.429 e. The average molecular weight is 533 g/mol. The van der Waals surface area contributed by atoms with E-state index in [0.29, 0.717) is 0 Å². The van der Waals surface area contributed by atoms with E-state index in [1.165, 1.54) is 12.3 Å². The number of anilines is 1. The largest absolute Gasteiger partial charge is 0.468 e. The Morgan fingerprint density at radius 2 is 1.76 bits per heavy atom. The number of ether oxygens (including phenoxy) is 3. The molecular weight excluding hydrogens is 500 g/mol. The lowest BCUT2D eigenvalue weighted by Gasteiger charge is -2.29. The second kappa shape index (κ2) is 13.6. The first kappa shape index (κ1) is 29.6. The van der Waals surface area contributed by atoms with Crippen LogP contribution in [-0.4, -0.2) is 75.9 Å². The van der Waals surface area contributed by atoms with Gasteiger partial charge < -0.3 is 24.8 Å². The molecule has 14 nitrogen and oxygen atoms in total. The molecule has 0 saturated heterocycles. The van der Waals surface area contributed by atoms with E-state index < -0.39 is 48.4 Å². The van der Waals surface area contributed by atoms with Gasteiger partial charge in [0, 0.05) is 12.7 Å². The number of rotatable bonds is 9. The third kappa shape index (κ3) is 10.2. The van der Waals surface area contributed by atoms with E-state index in [9.17, 15) is 24.0 Å². The quantitative estimate of drug-likeness (QED) is 0.268. The standard InChI is InChI=1S/C24H32N6O8/c1-24(2,3)38-23(35)30(27-22(34)37-16-17-8-6-5-7-9-17)13-12-28(15-20(32)36-4)19(31)14-29-11-10-18(25)26-21(29)33/h5-11H,12-16H2,1-4H3,(H,27,34)(H2,25,26,33). The van der Waals surface area contributed by atoms with E-state index in [1.54, 1.807) is 45.0 Å². The number of nitrogens with one attached hydrogen (secondary N) is 1. The molecule has 2 aromatic rings. The molecule has 206 valence electrons. The van der Waals surface area contributed by atoms with Gasteiger partial charge in [-0.05, 0) is 32.4 Å². The van der Waals surface area contributed by atoms with Crippen LogP contribution in [0.3, 0.4) is 0 Å². The monoisotopic (exact) mass is 532 g/mol. The van der Waals surface area contributed by atoms with Crippen molar-refractivity contribution in [2.75, 3.05) is 32.5 Å². The van der Waals surface area contributed by atoms with Gasteiger partial charge in [-0.25, -0.2) is 24.8 Å². The van der Waals surface area contributed by atoms with Crippen LogP contribution in [0.25, 0.3) is 0 Å². The summed E-state index contributed by atoms with van der Waals surface area (Å²) in [5.74, 6) is -1.40. The molecule has 1 aromatic heterocycles. The number of nitrogen functional groups attached to an aromatic ring is 1. The van der Waals surface area contributed by atoms with Crippen molar-refractivity contribution in [1.29, 1.82) is 0 Å². The molecule has 1 heterocycles. The number of hydrazine groups is 1. The molecule has 0 atom stereocenters. The summed E-state index contributed by atoms with van der Waals surface area (Å²) in [4.78, 5) is 66.7. The molecule has 0 spiro atoms. The van der Waals surface area contributed by atoms with Gasteiger partial charge in [0.15, 0.2) is 0 Å². The van der Waals surface area contributed by atoms with E-state index in [1.807, 2.05) is 6.07 Å². The Morgan fingerprint density at radius 1 is 1.08 bits per heavy atom. The SMILES string of the molecule is COC(=O)CN(CCN(NC(=O)OCc1ccccc1)C(=O)OC(C)(C)C)C(=O)Cn1ccc(N)nc1=O. The Kier molecular flexibility index (Phi) is 10.6. The van der Waals surface area contributed by atoms with Crippen LogP contribution in [0.1, 0.15) is 26.3 Å². The van der Waals surface area contributed by atoms with Crippen LogP contribution in [0.15, 0.2) is 47.4 Å². The fourth-order valence-electron chi connectivity index (χ4n) is 2.92. The molecule has 3 amide bonds. The molecule has 0 aliphatic carbocycles. The molecule has 0 fully saturated rings. The average Bonchev–Trinajstić information content (AvgIpc) is 2.85. The highest BCUT2D eigenvalue weighted by molar-refractivity contribution is 5.82. The predicted molar refractivity (Wildman–Crippen MR) is 134 cm³/mol. The van der Waals surface area contributed by atoms with Crippen LogP contribution in [0.4, 0.5) is 15.4 Å². The molecule has 0 aliphatic rings. The second-order valence-electron chi connectivity index (χ2n) is 8.96. The van der Waals surface area contributed by atoms with Gasteiger partial charge in [0.1, 0.15) is 31.1 Å². The molecule has 2 rings (SSSR count). The summed E-state index contributed by atoms with van der Waals surface area (Å²) < 4.78 is 16.2. The number of carbonyl (C=O) groups is 4. The van der Waals surface area contributed by atoms with E-state index in [4.69, 9.17) is 15.2 Å². The lowest BCUT2D eigenvalue weighted by atomic mass is 10.2. The Hall–Kier alpha value is -4.62. The van der Waals surface area contributed by atoms with Crippen LogP contribution in [0, 0.1) is 0 Å². The maximum absolute atomic E-state index is 12.9. The third-order valence-electron chi connectivity index (χ3n) is 4.75. The van der Waals surface area contributed by atoms with Crippen molar-refractivity contribution in [3.8, 4) is 0 Å². The predicted octanol–water partition coefficient (Wildman–Crippen LogP) is 0.906. The minimum absolute atomic E-state index is 0.0108. The fourth-order valence-corrected chi connectivity index (χ4v) is 2.92. The molecule has 1 aromatic carbocycles. The van der Waals surface area contributed by atoms with Crippen LogP contribution in [0.2, 0.25) is 0 Å². The van der Waals surface area contributed by atoms with Gasteiger partial charge in [-0.2, -0.15) is 4.98 Å². The zero-order valence-corrected chi connectivity index (χ0v) is 21.7. The van der Waals surface area contributed by atoms with E-state index in [-0.39, 0.29) is 25.5 Å². The Labute approximate surface area is 219 Å². The van der Waals surface area contributed by atoms with Gasteiger partial charge in [-0.3, -0.25) is 14.2 Å². The number of hydrogen-bond acceptors (Lipinski definition) is 10. The molecule has 38 heavy (non-hydrogen) atoms. The van der Waals surface area contributed by atoms with E-state index in [2.05, 4.69) is 15.1 Å². The third-order valence-corrected chi connectivity index (χ3v) is 4.75. The molecular formula is C24H32N6O8. The van der Waals surface area contributed by atoms with Gasteiger partial charge in [0.05, 0.1) is 13.7 Å². The first-order valence-electron chi connectivity index (χ1n) is 11.5. The first-order valence-corrected chi connectivity index (χ1v) is 11.5. The smallest absolute Gasteiger partial charge is 0.429 e. The molecule has 3 N–H and O–H groups in total. The number of amides is 3. The van der Waals surface area contributed by atoms with Crippen LogP contribution < -0.4 is 16.8 Å². The highest BCUT2D eigenvalue weighted by Crippen LogP contribution is 2.10. The Morgan fingerprint density at radius 3 is 2.37 bits per heavy atom. The Balaban J connectivity index is 2.14. The molecule has 0 bridgehead atoms. The van der Waals surface area contributed by atoms with E-state index in [0.717, 1.165) is 27.1 Å². The minimum atomic E-state index is -0.940. The fraction of sp³-hybridized carbons (Fsp3) is 0.417. The molecule has 14 heteroatoms. The van der Waals surface area contributed by atoms with Crippen molar-refractivity contribution in [2.45, 2.75) is 39.5 Å². The van der Waals surface area contributed by atoms with E-state index >= 15 is 0 Å².